The number of benzene rings is 2. The lowest BCUT2D eigenvalue weighted by atomic mass is 9.59. The topological polar surface area (TPSA) is 57.4 Å². The molecule has 1 aromatic heterocycles. The van der Waals surface area contributed by atoms with Crippen LogP contribution in [0.15, 0.2) is 42.6 Å². The Hall–Kier alpha value is -3.14. The highest BCUT2D eigenvalue weighted by atomic mass is 19.4. The van der Waals surface area contributed by atoms with Gasteiger partial charge in [0, 0.05) is 60.2 Å². The molecule has 0 radical (unpaired) electrons. The van der Waals surface area contributed by atoms with Gasteiger partial charge < -0.3 is 15.0 Å². The fourth-order valence-electron chi connectivity index (χ4n) is 6.32. The van der Waals surface area contributed by atoms with E-state index >= 15 is 0 Å². The highest BCUT2D eigenvalue weighted by Gasteiger charge is 2.58. The summed E-state index contributed by atoms with van der Waals surface area (Å²) in [5, 5.41) is 3.35. The Kier molecular flexibility index (Phi) is 7.11. The van der Waals surface area contributed by atoms with Crippen molar-refractivity contribution in [3.63, 3.8) is 0 Å². The van der Waals surface area contributed by atoms with Crippen LogP contribution in [0.1, 0.15) is 65.2 Å². The summed E-state index contributed by atoms with van der Waals surface area (Å²) in [4.78, 5) is 17.9. The highest BCUT2D eigenvalue weighted by molar-refractivity contribution is 5.94. The van der Waals surface area contributed by atoms with E-state index in [-0.39, 0.29) is 24.4 Å². The summed E-state index contributed by atoms with van der Waals surface area (Å²) in [6.07, 6.45) is -2.58. The molecule has 5 rings (SSSR count). The van der Waals surface area contributed by atoms with E-state index in [0.29, 0.717) is 25.9 Å². The SMILES string of the molecule is COc1cc(C)c2[nH]ccc2c1CN1CCC2(CC1c1ccc(C(=O)NCCC(F)(F)F)cc1)CC(F)(F)C2. The number of aromatic nitrogens is 1. The number of H-pyrrole nitrogens is 1. The molecule has 1 saturated carbocycles. The molecule has 10 heteroatoms. The average Bonchev–Trinajstić information content (AvgIpc) is 3.35. The summed E-state index contributed by atoms with van der Waals surface area (Å²) in [6, 6.07) is 10.6. The third kappa shape index (κ3) is 5.76. The van der Waals surface area contributed by atoms with Crippen LogP contribution in [0, 0.1) is 12.3 Å². The lowest BCUT2D eigenvalue weighted by molar-refractivity contribution is -0.186. The van der Waals surface area contributed by atoms with Gasteiger partial charge in [-0.1, -0.05) is 12.1 Å². The van der Waals surface area contributed by atoms with Crippen LogP contribution < -0.4 is 10.1 Å². The van der Waals surface area contributed by atoms with Gasteiger partial charge in [0.1, 0.15) is 5.75 Å². The van der Waals surface area contributed by atoms with Crippen molar-refractivity contribution in [2.24, 2.45) is 5.41 Å². The van der Waals surface area contributed by atoms with Crippen LogP contribution >= 0.6 is 0 Å². The molecule has 1 spiro atoms. The summed E-state index contributed by atoms with van der Waals surface area (Å²) in [6.45, 7) is 2.69. The molecule has 1 unspecified atom stereocenters. The number of ether oxygens (including phenoxy) is 1. The van der Waals surface area contributed by atoms with Crippen LogP contribution in [0.4, 0.5) is 22.0 Å². The number of piperidine rings is 1. The Balaban J connectivity index is 1.40. The van der Waals surface area contributed by atoms with Crippen molar-refractivity contribution in [1.82, 2.24) is 15.2 Å². The Morgan fingerprint density at radius 1 is 1.18 bits per heavy atom. The number of hydrogen-bond donors (Lipinski definition) is 2. The van der Waals surface area contributed by atoms with Crippen LogP contribution in [-0.2, 0) is 6.54 Å². The number of carbonyl (C=O) groups is 1. The second kappa shape index (κ2) is 10.1. The van der Waals surface area contributed by atoms with Gasteiger partial charge in [-0.3, -0.25) is 9.69 Å². The van der Waals surface area contributed by atoms with Gasteiger partial charge in [0.25, 0.3) is 5.91 Å². The molecular weight excluding hydrogens is 517 g/mol. The third-order valence-corrected chi connectivity index (χ3v) is 8.21. The van der Waals surface area contributed by atoms with Gasteiger partial charge in [-0.15, -0.1) is 0 Å². The number of fused-ring (bicyclic) bond motifs is 1. The van der Waals surface area contributed by atoms with E-state index in [0.717, 1.165) is 33.3 Å². The average molecular weight is 550 g/mol. The molecule has 2 heterocycles. The normalized spacial score (nSPS) is 20.6. The zero-order valence-corrected chi connectivity index (χ0v) is 21.9. The Bertz CT molecular complexity index is 1340. The number of carbonyl (C=O) groups excluding carboxylic acids is 1. The number of alkyl halides is 5. The number of rotatable bonds is 7. The zero-order valence-electron chi connectivity index (χ0n) is 21.9. The smallest absolute Gasteiger partial charge is 0.390 e. The summed E-state index contributed by atoms with van der Waals surface area (Å²) >= 11 is 0. The molecular formula is C29H32F5N3O2. The Labute approximate surface area is 223 Å². The van der Waals surface area contributed by atoms with Gasteiger partial charge in [0.2, 0.25) is 5.92 Å². The van der Waals surface area contributed by atoms with Crippen molar-refractivity contribution in [1.29, 1.82) is 0 Å². The number of methoxy groups -OCH3 is 1. The zero-order chi connectivity index (χ0) is 28.0. The molecule has 1 atom stereocenters. The monoisotopic (exact) mass is 549 g/mol. The van der Waals surface area contributed by atoms with Crippen molar-refractivity contribution >= 4 is 16.8 Å². The van der Waals surface area contributed by atoms with E-state index in [9.17, 15) is 26.7 Å². The molecule has 1 aliphatic carbocycles. The summed E-state index contributed by atoms with van der Waals surface area (Å²) in [5.74, 6) is -2.46. The number of likely N-dealkylation sites (tertiary alicyclic amines) is 1. The van der Waals surface area contributed by atoms with Gasteiger partial charge in [-0.05, 0) is 67.1 Å². The Morgan fingerprint density at radius 3 is 2.54 bits per heavy atom. The minimum Gasteiger partial charge on any atom is -0.496 e. The van der Waals surface area contributed by atoms with E-state index < -0.39 is 36.4 Å². The van der Waals surface area contributed by atoms with E-state index in [4.69, 9.17) is 4.74 Å². The first-order valence-corrected chi connectivity index (χ1v) is 13.1. The van der Waals surface area contributed by atoms with Crippen molar-refractivity contribution in [3.05, 3.63) is 64.8 Å². The van der Waals surface area contributed by atoms with E-state index in [1.807, 2.05) is 25.3 Å². The number of hydrogen-bond acceptors (Lipinski definition) is 3. The van der Waals surface area contributed by atoms with Gasteiger partial charge in [-0.2, -0.15) is 13.2 Å². The summed E-state index contributed by atoms with van der Waals surface area (Å²) in [7, 11) is 1.63. The largest absolute Gasteiger partial charge is 0.496 e. The van der Waals surface area contributed by atoms with E-state index in [1.165, 1.54) is 0 Å². The third-order valence-electron chi connectivity index (χ3n) is 8.21. The first-order valence-electron chi connectivity index (χ1n) is 13.1. The predicted octanol–water partition coefficient (Wildman–Crippen LogP) is 6.92. The molecule has 3 aromatic rings. The minimum absolute atomic E-state index is 0.125. The van der Waals surface area contributed by atoms with Crippen molar-refractivity contribution in [2.45, 2.75) is 63.7 Å². The second-order valence-corrected chi connectivity index (χ2v) is 11.0. The minimum atomic E-state index is -4.35. The predicted molar refractivity (Wildman–Crippen MR) is 138 cm³/mol. The van der Waals surface area contributed by atoms with Crippen molar-refractivity contribution in [2.75, 3.05) is 20.2 Å². The first-order chi connectivity index (χ1) is 18.4. The Morgan fingerprint density at radius 2 is 1.90 bits per heavy atom. The van der Waals surface area contributed by atoms with Crippen LogP contribution in [0.2, 0.25) is 0 Å². The van der Waals surface area contributed by atoms with Crippen LogP contribution in [0.3, 0.4) is 0 Å². The number of aromatic amines is 1. The quantitative estimate of drug-likeness (QED) is 0.315. The number of nitrogens with zero attached hydrogens (tertiary/aromatic N) is 1. The van der Waals surface area contributed by atoms with Gasteiger partial charge in [-0.25, -0.2) is 8.78 Å². The summed E-state index contributed by atoms with van der Waals surface area (Å²) < 4.78 is 71.0. The molecule has 5 nitrogen and oxygen atoms in total. The molecule has 2 N–H and O–H groups in total. The molecule has 2 aliphatic rings. The molecule has 1 saturated heterocycles. The molecule has 1 aliphatic heterocycles. The molecule has 2 fully saturated rings. The van der Waals surface area contributed by atoms with Crippen LogP contribution in [-0.4, -0.2) is 48.1 Å². The molecule has 2 aromatic carbocycles. The fourth-order valence-corrected chi connectivity index (χ4v) is 6.32. The first kappa shape index (κ1) is 27.4. The maximum absolute atomic E-state index is 14.0. The van der Waals surface area contributed by atoms with Gasteiger partial charge in [0.15, 0.2) is 0 Å². The van der Waals surface area contributed by atoms with E-state index in [1.54, 1.807) is 31.4 Å². The maximum Gasteiger partial charge on any atom is 0.390 e. The lowest BCUT2D eigenvalue weighted by Gasteiger charge is -2.54. The second-order valence-electron chi connectivity index (χ2n) is 11.0. The van der Waals surface area contributed by atoms with Crippen LogP contribution in [0.25, 0.3) is 10.9 Å². The number of amides is 1. The molecule has 1 amide bonds. The highest BCUT2D eigenvalue weighted by Crippen LogP contribution is 2.60. The van der Waals surface area contributed by atoms with Gasteiger partial charge in [0.05, 0.1) is 13.5 Å². The van der Waals surface area contributed by atoms with Crippen molar-refractivity contribution < 1.29 is 31.5 Å². The molecule has 39 heavy (non-hydrogen) atoms. The maximum atomic E-state index is 14.0. The fraction of sp³-hybridized carbons (Fsp3) is 0.483. The van der Waals surface area contributed by atoms with Crippen molar-refractivity contribution in [3.8, 4) is 5.75 Å². The molecule has 210 valence electrons. The van der Waals surface area contributed by atoms with Crippen LogP contribution in [0.5, 0.6) is 5.75 Å². The molecule has 0 bridgehead atoms. The number of nitrogens with one attached hydrogen (secondary N) is 2. The standard InChI is InChI=1S/C29H32F5N3O2/c1-18-13-24(39-2)22(21-7-10-35-25(18)21)15-37-12-9-27(16-28(30,31)17-27)14-23(37)19-3-5-20(6-4-19)26(38)36-11-8-29(32,33)34/h3-7,10,13,23,35H,8-9,11-12,14-17H2,1-2H3,(H,36,38). The van der Waals surface area contributed by atoms with Gasteiger partial charge >= 0.3 is 6.18 Å². The number of halogens is 5. The van der Waals surface area contributed by atoms with E-state index in [2.05, 4.69) is 15.2 Å². The number of aryl methyl sites for hydroxylation is 1. The lowest BCUT2D eigenvalue weighted by Crippen LogP contribution is -2.53. The summed E-state index contributed by atoms with van der Waals surface area (Å²) in [5.41, 5.74) is 3.80.